The molecular formula is C28H30N6O. The van der Waals surface area contributed by atoms with Crippen molar-refractivity contribution in [1.82, 2.24) is 29.7 Å². The van der Waals surface area contributed by atoms with Crippen molar-refractivity contribution in [3.05, 3.63) is 78.0 Å². The lowest BCUT2D eigenvalue weighted by Gasteiger charge is -2.24. The molecular weight excluding hydrogens is 436 g/mol. The number of likely N-dealkylation sites (tertiary alicyclic amines) is 2. The van der Waals surface area contributed by atoms with Crippen molar-refractivity contribution in [2.24, 2.45) is 5.41 Å². The highest BCUT2D eigenvalue weighted by atomic mass is 16.2. The first-order valence-corrected chi connectivity index (χ1v) is 12.5. The smallest absolute Gasteiger partial charge is 0.270 e. The third kappa shape index (κ3) is 4.32. The number of carbonyl (C=O) groups is 1. The molecule has 178 valence electrons. The first-order valence-electron chi connectivity index (χ1n) is 12.5. The van der Waals surface area contributed by atoms with Crippen LogP contribution in [0.3, 0.4) is 0 Å². The third-order valence-corrected chi connectivity index (χ3v) is 7.60. The Bertz CT molecular complexity index is 1370. The van der Waals surface area contributed by atoms with Crippen molar-refractivity contribution >= 4 is 16.8 Å². The monoisotopic (exact) mass is 466 g/mol. The summed E-state index contributed by atoms with van der Waals surface area (Å²) in [5, 5.41) is 1.04. The maximum atomic E-state index is 13.3. The molecule has 1 spiro atoms. The molecule has 0 saturated carbocycles. The van der Waals surface area contributed by atoms with Crippen molar-refractivity contribution in [3.63, 3.8) is 0 Å². The lowest BCUT2D eigenvalue weighted by atomic mass is 9.86. The van der Waals surface area contributed by atoms with E-state index in [0.29, 0.717) is 12.1 Å². The molecule has 0 aliphatic carbocycles. The molecule has 35 heavy (non-hydrogen) atoms. The van der Waals surface area contributed by atoms with Crippen molar-refractivity contribution in [2.75, 3.05) is 32.7 Å². The van der Waals surface area contributed by atoms with Gasteiger partial charge in [0, 0.05) is 54.8 Å². The molecule has 2 fully saturated rings. The van der Waals surface area contributed by atoms with Gasteiger partial charge in [0.25, 0.3) is 5.91 Å². The summed E-state index contributed by atoms with van der Waals surface area (Å²) in [4.78, 5) is 34.8. The minimum absolute atomic E-state index is 0.112. The Labute approximate surface area is 205 Å². The number of pyridine rings is 1. The first kappa shape index (κ1) is 21.9. The SMILES string of the molecule is CCN1CCC2(CCN(C(=O)c3cc4cc(Cc5nccc(-c6ccccn6)n5)ccc4[nH]3)C2)C1. The van der Waals surface area contributed by atoms with Gasteiger partial charge in [0.1, 0.15) is 11.5 Å². The van der Waals surface area contributed by atoms with E-state index in [4.69, 9.17) is 4.98 Å². The summed E-state index contributed by atoms with van der Waals surface area (Å²) < 4.78 is 0. The maximum Gasteiger partial charge on any atom is 0.270 e. The van der Waals surface area contributed by atoms with Crippen molar-refractivity contribution in [2.45, 2.75) is 26.2 Å². The zero-order chi connectivity index (χ0) is 23.8. The molecule has 7 nitrogen and oxygen atoms in total. The molecule has 6 rings (SSSR count). The van der Waals surface area contributed by atoms with Gasteiger partial charge in [-0.3, -0.25) is 9.78 Å². The molecule has 1 N–H and O–H groups in total. The number of nitrogens with one attached hydrogen (secondary N) is 1. The largest absolute Gasteiger partial charge is 0.351 e. The van der Waals surface area contributed by atoms with E-state index < -0.39 is 0 Å². The first-order chi connectivity index (χ1) is 17.1. The fourth-order valence-electron chi connectivity index (χ4n) is 5.64. The van der Waals surface area contributed by atoms with Crippen LogP contribution >= 0.6 is 0 Å². The van der Waals surface area contributed by atoms with E-state index in [0.717, 1.165) is 72.8 Å². The minimum Gasteiger partial charge on any atom is -0.351 e. The van der Waals surface area contributed by atoms with E-state index in [-0.39, 0.29) is 11.3 Å². The van der Waals surface area contributed by atoms with Gasteiger partial charge in [-0.15, -0.1) is 0 Å². The molecule has 2 aliphatic heterocycles. The van der Waals surface area contributed by atoms with E-state index in [2.05, 4.69) is 38.9 Å². The third-order valence-electron chi connectivity index (χ3n) is 7.60. The molecule has 1 unspecified atom stereocenters. The summed E-state index contributed by atoms with van der Waals surface area (Å²) in [5.74, 6) is 0.861. The van der Waals surface area contributed by atoms with E-state index in [1.165, 1.54) is 6.42 Å². The number of rotatable bonds is 5. The number of fused-ring (bicyclic) bond motifs is 1. The summed E-state index contributed by atoms with van der Waals surface area (Å²) in [5.41, 5.74) is 4.71. The molecule has 2 saturated heterocycles. The molecule has 0 radical (unpaired) electrons. The minimum atomic E-state index is 0.112. The Morgan fingerprint density at radius 1 is 1.00 bits per heavy atom. The number of carbonyl (C=O) groups excluding carboxylic acids is 1. The van der Waals surface area contributed by atoms with Crippen LogP contribution in [0.5, 0.6) is 0 Å². The second-order valence-electron chi connectivity index (χ2n) is 9.95. The number of aromatic nitrogens is 4. The lowest BCUT2D eigenvalue weighted by Crippen LogP contribution is -2.34. The van der Waals surface area contributed by atoms with Crippen LogP contribution in [0.4, 0.5) is 0 Å². The fraction of sp³-hybridized carbons (Fsp3) is 0.357. The highest BCUT2D eigenvalue weighted by Gasteiger charge is 2.44. The molecule has 2 aliphatic rings. The Morgan fingerprint density at radius 3 is 2.74 bits per heavy atom. The van der Waals surface area contributed by atoms with Crippen LogP contribution in [-0.4, -0.2) is 68.4 Å². The molecule has 1 atom stereocenters. The van der Waals surface area contributed by atoms with Gasteiger partial charge in [-0.25, -0.2) is 9.97 Å². The van der Waals surface area contributed by atoms with Gasteiger partial charge >= 0.3 is 0 Å². The number of hydrogen-bond acceptors (Lipinski definition) is 5. The Hall–Kier alpha value is -3.58. The standard InChI is InChI=1S/C28H30N6O/c1-2-33-13-9-28(18-33)10-14-34(19-28)27(35)25-17-21-15-20(6-7-22(21)31-25)16-26-30-12-8-24(32-26)23-5-3-4-11-29-23/h3-8,11-12,15,17,31H,2,9-10,13-14,16,18-19H2,1H3. The van der Waals surface area contributed by atoms with Gasteiger partial charge in [0.2, 0.25) is 0 Å². The highest BCUT2D eigenvalue weighted by Crippen LogP contribution is 2.39. The molecule has 3 aromatic heterocycles. The number of aromatic amines is 1. The number of hydrogen-bond donors (Lipinski definition) is 1. The molecule has 0 bridgehead atoms. The van der Waals surface area contributed by atoms with Crippen LogP contribution in [-0.2, 0) is 6.42 Å². The zero-order valence-corrected chi connectivity index (χ0v) is 20.1. The summed E-state index contributed by atoms with van der Waals surface area (Å²) in [6, 6.07) is 15.9. The fourth-order valence-corrected chi connectivity index (χ4v) is 5.64. The van der Waals surface area contributed by atoms with Crippen molar-refractivity contribution in [3.8, 4) is 11.4 Å². The van der Waals surface area contributed by atoms with Gasteiger partial charge in [0.15, 0.2) is 0 Å². The van der Waals surface area contributed by atoms with E-state index in [1.807, 2.05) is 41.3 Å². The molecule has 4 aromatic rings. The number of nitrogens with zero attached hydrogens (tertiary/aromatic N) is 5. The zero-order valence-electron chi connectivity index (χ0n) is 20.1. The van der Waals surface area contributed by atoms with Gasteiger partial charge in [0.05, 0.1) is 11.4 Å². The Kier molecular flexibility index (Phi) is 5.57. The van der Waals surface area contributed by atoms with Crippen LogP contribution in [0.15, 0.2) is 60.9 Å². The summed E-state index contributed by atoms with van der Waals surface area (Å²) >= 11 is 0. The number of amides is 1. The van der Waals surface area contributed by atoms with E-state index in [9.17, 15) is 4.79 Å². The van der Waals surface area contributed by atoms with Gasteiger partial charge in [-0.1, -0.05) is 19.1 Å². The molecule has 1 aromatic carbocycles. The van der Waals surface area contributed by atoms with Crippen LogP contribution in [0.1, 0.15) is 41.6 Å². The maximum absolute atomic E-state index is 13.3. The van der Waals surface area contributed by atoms with E-state index in [1.54, 1.807) is 12.4 Å². The van der Waals surface area contributed by atoms with Gasteiger partial charge < -0.3 is 14.8 Å². The van der Waals surface area contributed by atoms with E-state index >= 15 is 0 Å². The van der Waals surface area contributed by atoms with Crippen LogP contribution < -0.4 is 0 Å². The Morgan fingerprint density at radius 2 is 1.91 bits per heavy atom. The quantitative estimate of drug-likeness (QED) is 0.478. The summed E-state index contributed by atoms with van der Waals surface area (Å²) in [6.07, 6.45) is 6.48. The highest BCUT2D eigenvalue weighted by molar-refractivity contribution is 5.98. The lowest BCUT2D eigenvalue weighted by molar-refractivity contribution is 0.0768. The predicted molar refractivity (Wildman–Crippen MR) is 136 cm³/mol. The van der Waals surface area contributed by atoms with Gasteiger partial charge in [-0.2, -0.15) is 0 Å². The molecule has 5 heterocycles. The summed E-state index contributed by atoms with van der Waals surface area (Å²) in [6.45, 7) is 7.31. The summed E-state index contributed by atoms with van der Waals surface area (Å²) in [7, 11) is 0. The second-order valence-corrected chi connectivity index (χ2v) is 9.95. The normalized spacial score (nSPS) is 20.3. The van der Waals surface area contributed by atoms with Crippen molar-refractivity contribution in [1.29, 1.82) is 0 Å². The van der Waals surface area contributed by atoms with Gasteiger partial charge in [-0.05, 0) is 67.9 Å². The molecule has 7 heteroatoms. The number of benzene rings is 1. The second kappa shape index (κ2) is 8.89. The predicted octanol–water partition coefficient (Wildman–Crippen LogP) is 4.17. The van der Waals surface area contributed by atoms with Crippen LogP contribution in [0, 0.1) is 5.41 Å². The topological polar surface area (TPSA) is 78.0 Å². The van der Waals surface area contributed by atoms with Crippen LogP contribution in [0.25, 0.3) is 22.3 Å². The van der Waals surface area contributed by atoms with Crippen LogP contribution in [0.2, 0.25) is 0 Å². The number of H-pyrrole nitrogens is 1. The molecule has 1 amide bonds. The van der Waals surface area contributed by atoms with Crippen molar-refractivity contribution < 1.29 is 4.79 Å². The average Bonchev–Trinajstić information content (AvgIpc) is 3.63. The average molecular weight is 467 g/mol. The Balaban J connectivity index is 1.18.